The second-order valence-electron chi connectivity index (χ2n) is 6.39. The number of nitrogens with one attached hydrogen (secondary N) is 1. The molecule has 7 heteroatoms. The molecule has 0 bridgehead atoms. The van der Waals surface area contributed by atoms with Gasteiger partial charge in [0.2, 0.25) is 10.0 Å². The number of sulfonamides is 1. The first-order valence-corrected chi connectivity index (χ1v) is 9.89. The molecular weight excluding hydrogens is 352 g/mol. The van der Waals surface area contributed by atoms with Crippen LogP contribution >= 0.6 is 0 Å². The monoisotopic (exact) mass is 374 g/mol. The first kappa shape index (κ1) is 18.6. The molecule has 0 aliphatic carbocycles. The van der Waals surface area contributed by atoms with Crippen LogP contribution in [0.25, 0.3) is 0 Å². The summed E-state index contributed by atoms with van der Waals surface area (Å²) in [5, 5.41) is 2.80. The van der Waals surface area contributed by atoms with E-state index in [4.69, 9.17) is 4.74 Å². The van der Waals surface area contributed by atoms with Crippen LogP contribution in [0.4, 0.5) is 5.69 Å². The van der Waals surface area contributed by atoms with Crippen molar-refractivity contribution >= 4 is 21.6 Å². The molecule has 1 saturated heterocycles. The van der Waals surface area contributed by atoms with E-state index in [1.165, 1.54) is 16.4 Å². The molecule has 0 spiro atoms. The van der Waals surface area contributed by atoms with E-state index in [1.807, 2.05) is 32.0 Å². The lowest BCUT2D eigenvalue weighted by Crippen LogP contribution is -2.46. The molecule has 2 aromatic rings. The Hall–Kier alpha value is -2.22. The molecule has 1 unspecified atom stereocenters. The summed E-state index contributed by atoms with van der Waals surface area (Å²) < 4.78 is 32.6. The van der Waals surface area contributed by atoms with Gasteiger partial charge in [0.1, 0.15) is 0 Å². The highest BCUT2D eigenvalue weighted by molar-refractivity contribution is 7.89. The number of rotatable bonds is 4. The van der Waals surface area contributed by atoms with Crippen molar-refractivity contribution in [2.75, 3.05) is 25.1 Å². The molecule has 1 N–H and O–H groups in total. The van der Waals surface area contributed by atoms with Gasteiger partial charge in [-0.1, -0.05) is 18.2 Å². The van der Waals surface area contributed by atoms with Gasteiger partial charge in [0.15, 0.2) is 0 Å². The molecule has 6 nitrogen and oxygen atoms in total. The number of nitrogens with zero attached hydrogens (tertiary/aromatic N) is 1. The van der Waals surface area contributed by atoms with E-state index < -0.39 is 10.0 Å². The highest BCUT2D eigenvalue weighted by atomic mass is 32.2. The molecule has 1 heterocycles. The number of aryl methyl sites for hydroxylation is 1. The Bertz CT molecular complexity index is 911. The molecule has 1 amide bonds. The van der Waals surface area contributed by atoms with Crippen molar-refractivity contribution in [3.8, 4) is 0 Å². The molecule has 0 radical (unpaired) electrons. The van der Waals surface area contributed by atoms with Crippen LogP contribution in [0.3, 0.4) is 0 Å². The molecule has 1 atom stereocenters. The number of anilines is 1. The second-order valence-corrected chi connectivity index (χ2v) is 8.28. The summed E-state index contributed by atoms with van der Waals surface area (Å²) in [6, 6.07) is 13.3. The van der Waals surface area contributed by atoms with Gasteiger partial charge in [0, 0.05) is 23.8 Å². The summed E-state index contributed by atoms with van der Waals surface area (Å²) in [7, 11) is -3.67. The summed E-state index contributed by atoms with van der Waals surface area (Å²) >= 11 is 0. The molecule has 0 saturated carbocycles. The van der Waals surface area contributed by atoms with Crippen molar-refractivity contribution in [3.63, 3.8) is 0 Å². The summed E-state index contributed by atoms with van der Waals surface area (Å²) in [6.07, 6.45) is 0. The lowest BCUT2D eigenvalue weighted by molar-refractivity contribution is 0.0393. The third-order valence-corrected chi connectivity index (χ3v) is 6.30. The Kier molecular flexibility index (Phi) is 5.41. The highest BCUT2D eigenvalue weighted by Gasteiger charge is 2.31. The zero-order chi connectivity index (χ0) is 18.7. The van der Waals surface area contributed by atoms with E-state index in [0.717, 1.165) is 5.56 Å². The van der Waals surface area contributed by atoms with Gasteiger partial charge in [0.05, 0.1) is 18.1 Å². The predicted octanol–water partition coefficient (Wildman–Crippen LogP) is 2.66. The number of hydrogen-bond acceptors (Lipinski definition) is 4. The highest BCUT2D eigenvalue weighted by Crippen LogP contribution is 2.22. The maximum Gasteiger partial charge on any atom is 0.255 e. The summed E-state index contributed by atoms with van der Waals surface area (Å²) in [6.45, 7) is 4.80. The average Bonchev–Trinajstić information content (AvgIpc) is 2.62. The van der Waals surface area contributed by atoms with Crippen LogP contribution in [-0.4, -0.2) is 44.4 Å². The zero-order valence-corrected chi connectivity index (χ0v) is 15.6. The van der Waals surface area contributed by atoms with Crippen molar-refractivity contribution in [2.24, 2.45) is 0 Å². The van der Waals surface area contributed by atoms with Crippen molar-refractivity contribution in [1.82, 2.24) is 4.31 Å². The van der Waals surface area contributed by atoms with Crippen molar-refractivity contribution in [1.29, 1.82) is 0 Å². The summed E-state index contributed by atoms with van der Waals surface area (Å²) in [5.41, 5.74) is 2.00. The maximum atomic E-state index is 12.9. The minimum Gasteiger partial charge on any atom is -0.378 e. The van der Waals surface area contributed by atoms with Crippen molar-refractivity contribution in [3.05, 3.63) is 59.7 Å². The maximum absolute atomic E-state index is 12.9. The van der Waals surface area contributed by atoms with E-state index in [9.17, 15) is 13.2 Å². The molecule has 2 aromatic carbocycles. The molecule has 0 aromatic heterocycles. The molecular formula is C19H22N2O4S. The first-order valence-electron chi connectivity index (χ1n) is 8.45. The third-order valence-electron chi connectivity index (χ3n) is 4.29. The Labute approximate surface area is 153 Å². The van der Waals surface area contributed by atoms with Crippen LogP contribution in [0.1, 0.15) is 22.8 Å². The van der Waals surface area contributed by atoms with Crippen LogP contribution in [0.15, 0.2) is 53.4 Å². The smallest absolute Gasteiger partial charge is 0.255 e. The van der Waals surface area contributed by atoms with E-state index in [0.29, 0.717) is 31.0 Å². The van der Waals surface area contributed by atoms with Crippen molar-refractivity contribution in [2.45, 2.75) is 24.8 Å². The van der Waals surface area contributed by atoms with Gasteiger partial charge in [-0.25, -0.2) is 8.42 Å². The number of benzene rings is 2. The van der Waals surface area contributed by atoms with Crippen LogP contribution in [0.5, 0.6) is 0 Å². The molecule has 1 aliphatic rings. The van der Waals surface area contributed by atoms with Gasteiger partial charge in [-0.05, 0) is 49.7 Å². The third kappa shape index (κ3) is 3.95. The topological polar surface area (TPSA) is 75.7 Å². The number of carbonyl (C=O) groups is 1. The van der Waals surface area contributed by atoms with Gasteiger partial charge < -0.3 is 10.1 Å². The Morgan fingerprint density at radius 1 is 1.19 bits per heavy atom. The van der Waals surface area contributed by atoms with Crippen molar-refractivity contribution < 1.29 is 17.9 Å². The van der Waals surface area contributed by atoms with Gasteiger partial charge in [0.25, 0.3) is 5.91 Å². The van der Waals surface area contributed by atoms with E-state index in [-0.39, 0.29) is 16.8 Å². The van der Waals surface area contributed by atoms with Crippen LogP contribution in [-0.2, 0) is 14.8 Å². The quantitative estimate of drug-likeness (QED) is 0.893. The second kappa shape index (κ2) is 7.57. The number of amides is 1. The molecule has 3 rings (SSSR count). The van der Waals surface area contributed by atoms with Gasteiger partial charge in [-0.15, -0.1) is 0 Å². The Morgan fingerprint density at radius 2 is 1.96 bits per heavy atom. The normalized spacial score (nSPS) is 18.5. The van der Waals surface area contributed by atoms with E-state index in [2.05, 4.69) is 5.32 Å². The fourth-order valence-corrected chi connectivity index (χ4v) is 4.58. The lowest BCUT2D eigenvalue weighted by Gasteiger charge is -2.32. The van der Waals surface area contributed by atoms with Gasteiger partial charge >= 0.3 is 0 Å². The minimum atomic E-state index is -3.67. The number of morpholine rings is 1. The SMILES string of the molecule is Cc1cccc(NC(=O)c2cccc(S(=O)(=O)N3CCOCC3C)c2)c1. The number of hydrogen-bond donors (Lipinski definition) is 1. The standard InChI is InChI=1S/C19H22N2O4S/c1-14-5-3-7-17(11-14)20-19(22)16-6-4-8-18(12-16)26(23,24)21-9-10-25-13-15(21)2/h3-8,11-12,15H,9-10,13H2,1-2H3,(H,20,22). The Morgan fingerprint density at radius 3 is 2.69 bits per heavy atom. The Balaban J connectivity index is 1.84. The molecule has 138 valence electrons. The predicted molar refractivity (Wildman–Crippen MR) is 99.7 cm³/mol. The summed E-state index contributed by atoms with van der Waals surface area (Å²) in [5.74, 6) is -0.345. The number of carbonyl (C=O) groups excluding carboxylic acids is 1. The van der Waals surface area contributed by atoms with Crippen LogP contribution in [0, 0.1) is 6.92 Å². The van der Waals surface area contributed by atoms with Gasteiger partial charge in [-0.3, -0.25) is 4.79 Å². The van der Waals surface area contributed by atoms with E-state index >= 15 is 0 Å². The largest absolute Gasteiger partial charge is 0.378 e. The van der Waals surface area contributed by atoms with E-state index in [1.54, 1.807) is 18.2 Å². The minimum absolute atomic E-state index is 0.114. The van der Waals surface area contributed by atoms with Gasteiger partial charge in [-0.2, -0.15) is 4.31 Å². The van der Waals surface area contributed by atoms with Crippen LogP contribution in [0.2, 0.25) is 0 Å². The molecule has 1 fully saturated rings. The molecule has 1 aliphatic heterocycles. The fraction of sp³-hybridized carbons (Fsp3) is 0.316. The lowest BCUT2D eigenvalue weighted by atomic mass is 10.2. The first-order chi connectivity index (χ1) is 12.4. The summed E-state index contributed by atoms with van der Waals surface area (Å²) in [4.78, 5) is 12.6. The number of ether oxygens (including phenoxy) is 1. The fourth-order valence-electron chi connectivity index (χ4n) is 2.93. The average molecular weight is 374 g/mol. The van der Waals surface area contributed by atoms with Crippen LogP contribution < -0.4 is 5.32 Å². The zero-order valence-electron chi connectivity index (χ0n) is 14.8. The molecule has 26 heavy (non-hydrogen) atoms.